The van der Waals surface area contributed by atoms with Crippen LogP contribution in [-0.4, -0.2) is 39.0 Å². The molecule has 0 unspecified atom stereocenters. The van der Waals surface area contributed by atoms with Crippen LogP contribution in [0.5, 0.6) is 0 Å². The standard InChI is InChI=1S/C23H21ClF3N7O/c1-12(13-4-2-5-14(18(13)25)19(26)27)30-20-15-10-33(11-16(15)31-22(24)32-20)23(35)34-9-8-29-21-17(34)6-3-7-28-21/h2-7,12,19H,8-11H2,1H3,(H,28,29)(H,30,31,32)/t12-/m1/s1. The second-order valence-electron chi connectivity index (χ2n) is 8.27. The zero-order valence-corrected chi connectivity index (χ0v) is 19.4. The molecule has 182 valence electrons. The Hall–Kier alpha value is -3.60. The lowest BCUT2D eigenvalue weighted by molar-refractivity contribution is 0.146. The summed E-state index contributed by atoms with van der Waals surface area (Å²) in [6.45, 7) is 3.10. The highest BCUT2D eigenvalue weighted by Gasteiger charge is 2.34. The molecule has 2 aliphatic heterocycles. The molecule has 1 atom stereocenters. The maximum Gasteiger partial charge on any atom is 0.325 e. The van der Waals surface area contributed by atoms with Gasteiger partial charge in [0, 0.05) is 30.4 Å². The van der Waals surface area contributed by atoms with Crippen molar-refractivity contribution < 1.29 is 18.0 Å². The number of pyridine rings is 1. The molecule has 0 spiro atoms. The number of nitrogens with one attached hydrogen (secondary N) is 2. The summed E-state index contributed by atoms with van der Waals surface area (Å²) in [6.07, 6.45) is -1.27. The van der Waals surface area contributed by atoms with E-state index < -0.39 is 23.8 Å². The number of urea groups is 1. The lowest BCUT2D eigenvalue weighted by Gasteiger charge is -2.32. The Morgan fingerprint density at radius 2 is 1.97 bits per heavy atom. The lowest BCUT2D eigenvalue weighted by atomic mass is 10.0. The van der Waals surface area contributed by atoms with Gasteiger partial charge >= 0.3 is 6.03 Å². The Morgan fingerprint density at radius 3 is 2.77 bits per heavy atom. The van der Waals surface area contributed by atoms with Crippen molar-refractivity contribution in [1.29, 1.82) is 0 Å². The van der Waals surface area contributed by atoms with Crippen molar-refractivity contribution in [3.63, 3.8) is 0 Å². The first-order valence-corrected chi connectivity index (χ1v) is 11.3. The molecule has 0 radical (unpaired) electrons. The predicted octanol–water partition coefficient (Wildman–Crippen LogP) is 5.14. The first-order valence-electron chi connectivity index (χ1n) is 11.0. The molecule has 0 fully saturated rings. The molecule has 0 saturated heterocycles. The van der Waals surface area contributed by atoms with Crippen LogP contribution in [0.15, 0.2) is 36.5 Å². The van der Waals surface area contributed by atoms with E-state index in [1.807, 2.05) is 6.07 Å². The maximum absolute atomic E-state index is 14.7. The summed E-state index contributed by atoms with van der Waals surface area (Å²) >= 11 is 6.13. The number of fused-ring (bicyclic) bond motifs is 2. The summed E-state index contributed by atoms with van der Waals surface area (Å²) in [7, 11) is 0. The van der Waals surface area contributed by atoms with Crippen LogP contribution in [0, 0.1) is 5.82 Å². The minimum atomic E-state index is -2.93. The van der Waals surface area contributed by atoms with E-state index in [2.05, 4.69) is 25.6 Å². The van der Waals surface area contributed by atoms with E-state index in [0.29, 0.717) is 41.7 Å². The van der Waals surface area contributed by atoms with Crippen molar-refractivity contribution in [2.24, 2.45) is 0 Å². The number of alkyl halides is 2. The Labute approximate surface area is 204 Å². The van der Waals surface area contributed by atoms with Gasteiger partial charge in [-0.05, 0) is 30.7 Å². The normalized spacial score (nSPS) is 15.5. The quantitative estimate of drug-likeness (QED) is 0.479. The first-order chi connectivity index (χ1) is 16.8. The van der Waals surface area contributed by atoms with Gasteiger partial charge in [-0.15, -0.1) is 0 Å². The summed E-state index contributed by atoms with van der Waals surface area (Å²) in [6, 6.07) is 6.56. The van der Waals surface area contributed by atoms with Gasteiger partial charge in [-0.25, -0.2) is 32.9 Å². The average molecular weight is 504 g/mol. The topological polar surface area (TPSA) is 86.3 Å². The molecule has 0 bridgehead atoms. The van der Waals surface area contributed by atoms with Crippen LogP contribution >= 0.6 is 11.6 Å². The smallest absolute Gasteiger partial charge is 0.325 e. The average Bonchev–Trinajstić information content (AvgIpc) is 3.27. The number of hydrogen-bond donors (Lipinski definition) is 2. The molecule has 5 rings (SSSR count). The summed E-state index contributed by atoms with van der Waals surface area (Å²) in [4.78, 5) is 29.5. The SMILES string of the molecule is C[C@@H](Nc1nc(Cl)nc2c1CN(C(=O)N1CCNc3ncccc31)C2)c1cccc(C(F)F)c1F. The van der Waals surface area contributed by atoms with E-state index in [1.54, 1.807) is 29.0 Å². The highest BCUT2D eigenvalue weighted by Crippen LogP contribution is 2.34. The van der Waals surface area contributed by atoms with Gasteiger partial charge in [-0.1, -0.05) is 18.2 Å². The number of nitrogens with zero attached hydrogens (tertiary/aromatic N) is 5. The van der Waals surface area contributed by atoms with E-state index >= 15 is 0 Å². The summed E-state index contributed by atoms with van der Waals surface area (Å²) in [5, 5.41) is 6.21. The fourth-order valence-electron chi connectivity index (χ4n) is 4.36. The second kappa shape index (κ2) is 9.21. The van der Waals surface area contributed by atoms with E-state index in [1.165, 1.54) is 12.1 Å². The molecule has 0 saturated carbocycles. The van der Waals surface area contributed by atoms with Crippen LogP contribution in [-0.2, 0) is 13.1 Å². The molecule has 0 aliphatic carbocycles. The Morgan fingerprint density at radius 1 is 1.17 bits per heavy atom. The van der Waals surface area contributed by atoms with E-state index in [0.717, 1.165) is 6.07 Å². The monoisotopic (exact) mass is 503 g/mol. The number of hydrogen-bond acceptors (Lipinski definition) is 6. The van der Waals surface area contributed by atoms with Gasteiger partial charge in [-0.2, -0.15) is 0 Å². The molecule has 2 aromatic heterocycles. The Balaban J connectivity index is 1.39. The minimum absolute atomic E-state index is 0.0359. The van der Waals surface area contributed by atoms with Crippen molar-refractivity contribution in [3.05, 3.63) is 70.0 Å². The molecule has 2 amide bonds. The van der Waals surface area contributed by atoms with E-state index in [-0.39, 0.29) is 30.0 Å². The van der Waals surface area contributed by atoms with E-state index in [4.69, 9.17) is 11.6 Å². The molecule has 2 aliphatic rings. The van der Waals surface area contributed by atoms with Gasteiger partial charge in [0.2, 0.25) is 5.28 Å². The molecule has 35 heavy (non-hydrogen) atoms. The van der Waals surface area contributed by atoms with Crippen molar-refractivity contribution in [2.45, 2.75) is 32.5 Å². The predicted molar refractivity (Wildman–Crippen MR) is 125 cm³/mol. The summed E-state index contributed by atoms with van der Waals surface area (Å²) in [5.41, 5.74) is 1.30. The number of carbonyl (C=O) groups is 1. The molecule has 3 aromatic rings. The minimum Gasteiger partial charge on any atom is -0.367 e. The fourth-order valence-corrected chi connectivity index (χ4v) is 4.55. The van der Waals surface area contributed by atoms with Gasteiger partial charge in [0.15, 0.2) is 0 Å². The zero-order valence-electron chi connectivity index (χ0n) is 18.6. The van der Waals surface area contributed by atoms with Crippen LogP contribution in [0.4, 0.5) is 35.3 Å². The number of carbonyl (C=O) groups excluding carboxylic acids is 1. The molecule has 4 heterocycles. The van der Waals surface area contributed by atoms with Crippen molar-refractivity contribution in [3.8, 4) is 0 Å². The molecule has 8 nitrogen and oxygen atoms in total. The second-order valence-corrected chi connectivity index (χ2v) is 8.61. The van der Waals surface area contributed by atoms with E-state index in [9.17, 15) is 18.0 Å². The number of aromatic nitrogens is 3. The third-order valence-corrected chi connectivity index (χ3v) is 6.24. The third-order valence-electron chi connectivity index (χ3n) is 6.07. The maximum atomic E-state index is 14.7. The Kier molecular flexibility index (Phi) is 6.10. The number of rotatable bonds is 4. The van der Waals surface area contributed by atoms with Gasteiger partial charge in [0.25, 0.3) is 6.43 Å². The van der Waals surface area contributed by atoms with Crippen molar-refractivity contribution in [1.82, 2.24) is 19.9 Å². The van der Waals surface area contributed by atoms with Crippen LogP contribution < -0.4 is 15.5 Å². The van der Waals surface area contributed by atoms with Gasteiger partial charge in [0.05, 0.1) is 36.1 Å². The molecule has 12 heteroatoms. The summed E-state index contributed by atoms with van der Waals surface area (Å²) in [5.74, 6) is -0.00926. The molecular weight excluding hydrogens is 483 g/mol. The van der Waals surface area contributed by atoms with Crippen LogP contribution in [0.3, 0.4) is 0 Å². The lowest BCUT2D eigenvalue weighted by Crippen LogP contribution is -2.45. The molecule has 2 N–H and O–H groups in total. The van der Waals surface area contributed by atoms with Gasteiger partial charge < -0.3 is 15.5 Å². The van der Waals surface area contributed by atoms with Gasteiger partial charge in [-0.3, -0.25) is 4.90 Å². The largest absolute Gasteiger partial charge is 0.367 e. The molecular formula is C23H21ClF3N7O. The highest BCUT2D eigenvalue weighted by atomic mass is 35.5. The van der Waals surface area contributed by atoms with Crippen molar-refractivity contribution >= 4 is 35.0 Å². The van der Waals surface area contributed by atoms with Crippen LogP contribution in [0.1, 0.15) is 41.8 Å². The number of halogens is 4. The first kappa shape index (κ1) is 23.2. The number of amides is 2. The highest BCUT2D eigenvalue weighted by molar-refractivity contribution is 6.28. The van der Waals surface area contributed by atoms with Crippen LogP contribution in [0.2, 0.25) is 5.28 Å². The fraction of sp³-hybridized carbons (Fsp3) is 0.304. The molecule has 1 aromatic carbocycles. The third kappa shape index (κ3) is 4.31. The van der Waals surface area contributed by atoms with Crippen LogP contribution in [0.25, 0.3) is 0 Å². The zero-order chi connectivity index (χ0) is 24.7. The Bertz CT molecular complexity index is 1290. The number of anilines is 3. The van der Waals surface area contributed by atoms with Gasteiger partial charge in [0.1, 0.15) is 17.5 Å². The number of benzene rings is 1. The summed E-state index contributed by atoms with van der Waals surface area (Å²) < 4.78 is 41.0. The van der Waals surface area contributed by atoms with Crippen molar-refractivity contribution in [2.75, 3.05) is 28.6 Å².